The maximum Gasteiger partial charge on any atom is 0.144 e. The predicted octanol–water partition coefficient (Wildman–Crippen LogP) is 9.59. The summed E-state index contributed by atoms with van der Waals surface area (Å²) >= 11 is 0. The summed E-state index contributed by atoms with van der Waals surface area (Å²) < 4.78 is 19.9. The molecule has 3 nitrogen and oxygen atoms in total. The number of halogens is 1. The lowest BCUT2D eigenvalue weighted by Gasteiger charge is -2.33. The largest absolute Gasteiger partial charge is 0.309 e. The average Bonchev–Trinajstić information content (AvgIpc) is 3.55. The topological polar surface area (TPSA) is 22.8 Å². The van der Waals surface area contributed by atoms with Crippen LogP contribution < -0.4 is 0 Å². The van der Waals surface area contributed by atoms with Crippen LogP contribution in [-0.4, -0.2) is 20.3 Å². The second-order valence-electron chi connectivity index (χ2n) is 11.4. The van der Waals surface area contributed by atoms with Crippen molar-refractivity contribution in [1.82, 2.24) is 14.1 Å². The van der Waals surface area contributed by atoms with Crippen LogP contribution in [0.15, 0.2) is 91.3 Å². The predicted molar refractivity (Wildman–Crippen MR) is 166 cm³/mol. The fraction of sp³-hybridized carbons (Fsp3) is 0.250. The van der Waals surface area contributed by atoms with Gasteiger partial charge in [0.2, 0.25) is 0 Å². The molecule has 4 heteroatoms. The Balaban J connectivity index is 1.68. The van der Waals surface area contributed by atoms with Gasteiger partial charge >= 0.3 is 0 Å². The van der Waals surface area contributed by atoms with E-state index in [1.54, 1.807) is 6.92 Å². The van der Waals surface area contributed by atoms with Gasteiger partial charge in [0, 0.05) is 39.8 Å². The molecular weight excluding hydrogens is 493 g/mol. The highest BCUT2D eigenvalue weighted by Crippen LogP contribution is 2.42. The first-order valence-electron chi connectivity index (χ1n) is 14.1. The van der Waals surface area contributed by atoms with Gasteiger partial charge in [-0.1, -0.05) is 74.0 Å². The summed E-state index contributed by atoms with van der Waals surface area (Å²) in [6, 6.07) is 27.9. The molecule has 0 saturated carbocycles. The third-order valence-corrected chi connectivity index (χ3v) is 8.83. The summed E-state index contributed by atoms with van der Waals surface area (Å²) in [6.45, 7) is 12.2. The Morgan fingerprint density at radius 1 is 0.850 bits per heavy atom. The Kier molecular flexibility index (Phi) is 6.37. The van der Waals surface area contributed by atoms with Crippen LogP contribution in [0.3, 0.4) is 0 Å². The molecule has 40 heavy (non-hydrogen) atoms. The van der Waals surface area contributed by atoms with Crippen molar-refractivity contribution in [3.8, 4) is 22.8 Å². The summed E-state index contributed by atoms with van der Waals surface area (Å²) in [5.41, 5.74) is 9.33. The van der Waals surface area contributed by atoms with Crippen LogP contribution in [0.25, 0.3) is 44.6 Å². The van der Waals surface area contributed by atoms with Gasteiger partial charge in [0.1, 0.15) is 12.0 Å². The SMILES string of the molecule is CCC(C)(c1ccc(-n2c3ccccc3c3ccccc32)cc1-c1nccn1-c1c(C)cc(C)cc1C)[C@@H](C)F. The number of imidazole rings is 1. The van der Waals surface area contributed by atoms with Crippen LogP contribution in [0.5, 0.6) is 0 Å². The van der Waals surface area contributed by atoms with E-state index in [9.17, 15) is 0 Å². The molecule has 0 amide bonds. The summed E-state index contributed by atoms with van der Waals surface area (Å²) in [5.74, 6) is 0.827. The first-order valence-corrected chi connectivity index (χ1v) is 14.1. The molecule has 202 valence electrons. The molecule has 2 heterocycles. The molecule has 0 saturated heterocycles. The molecular formula is C36H36FN3. The number of benzene rings is 4. The first kappa shape index (κ1) is 26.1. The van der Waals surface area contributed by atoms with E-state index in [4.69, 9.17) is 4.98 Å². The molecule has 0 aliphatic carbocycles. The molecule has 0 aliphatic heterocycles. The van der Waals surface area contributed by atoms with Gasteiger partial charge in [0.05, 0.1) is 16.7 Å². The lowest BCUT2D eigenvalue weighted by molar-refractivity contribution is 0.214. The number of fused-ring (bicyclic) bond motifs is 3. The van der Waals surface area contributed by atoms with E-state index in [-0.39, 0.29) is 0 Å². The lowest BCUT2D eigenvalue weighted by Crippen LogP contribution is -2.32. The molecule has 0 radical (unpaired) electrons. The van der Waals surface area contributed by atoms with Crippen molar-refractivity contribution < 1.29 is 4.39 Å². The van der Waals surface area contributed by atoms with E-state index in [0.717, 1.165) is 39.4 Å². The van der Waals surface area contributed by atoms with Crippen LogP contribution in [0.4, 0.5) is 4.39 Å². The molecule has 2 atom stereocenters. The number of para-hydroxylation sites is 2. The molecule has 0 bridgehead atoms. The standard InChI is InChI=1S/C36H36FN3/c1-7-36(6,26(5)37)31-17-16-27(40-32-14-10-8-12-28(32)29-13-9-11-15-33(29)40)22-30(31)35-38-18-19-39(35)34-24(3)20-23(2)21-25(34)4/h8-22,26H,7H2,1-6H3/t26-,36?/m1/s1. The summed E-state index contributed by atoms with van der Waals surface area (Å²) in [6.07, 6.45) is 3.53. The van der Waals surface area contributed by atoms with E-state index < -0.39 is 11.6 Å². The van der Waals surface area contributed by atoms with E-state index >= 15 is 4.39 Å². The number of nitrogens with zero attached hydrogens (tertiary/aromatic N) is 3. The Bertz CT molecular complexity index is 1800. The number of alkyl halides is 1. The second-order valence-corrected chi connectivity index (χ2v) is 11.4. The minimum Gasteiger partial charge on any atom is -0.309 e. The van der Waals surface area contributed by atoms with Crippen LogP contribution in [0.1, 0.15) is 49.4 Å². The van der Waals surface area contributed by atoms with Crippen LogP contribution >= 0.6 is 0 Å². The number of hydrogen-bond acceptors (Lipinski definition) is 1. The van der Waals surface area contributed by atoms with Crippen molar-refractivity contribution >= 4 is 21.8 Å². The summed E-state index contributed by atoms with van der Waals surface area (Å²) in [7, 11) is 0. The number of aryl methyl sites for hydroxylation is 3. The van der Waals surface area contributed by atoms with Gasteiger partial charge in [-0.05, 0) is 75.1 Å². The quantitative estimate of drug-likeness (QED) is 0.211. The molecule has 1 unspecified atom stereocenters. The molecule has 6 aromatic rings. The number of rotatable bonds is 6. The lowest BCUT2D eigenvalue weighted by atomic mass is 9.74. The Hall–Kier alpha value is -4.18. The fourth-order valence-electron chi connectivity index (χ4n) is 6.48. The molecule has 0 N–H and O–H groups in total. The maximum atomic E-state index is 15.4. The zero-order valence-electron chi connectivity index (χ0n) is 24.2. The van der Waals surface area contributed by atoms with Gasteiger partial charge in [-0.15, -0.1) is 0 Å². The average molecular weight is 530 g/mol. The van der Waals surface area contributed by atoms with Gasteiger partial charge < -0.3 is 4.57 Å². The van der Waals surface area contributed by atoms with E-state index in [1.165, 1.54) is 27.5 Å². The van der Waals surface area contributed by atoms with Crippen molar-refractivity contribution in [2.24, 2.45) is 0 Å². The van der Waals surface area contributed by atoms with Crippen LogP contribution in [0.2, 0.25) is 0 Å². The third kappa shape index (κ3) is 3.97. The third-order valence-electron chi connectivity index (χ3n) is 8.83. The molecule has 2 aromatic heterocycles. The molecule has 6 rings (SSSR count). The van der Waals surface area contributed by atoms with Gasteiger partial charge in [-0.2, -0.15) is 0 Å². The first-order chi connectivity index (χ1) is 19.2. The minimum absolute atomic E-state index is 0.664. The van der Waals surface area contributed by atoms with Crippen molar-refractivity contribution in [1.29, 1.82) is 0 Å². The van der Waals surface area contributed by atoms with Crippen LogP contribution in [0, 0.1) is 20.8 Å². The Morgan fingerprint density at radius 3 is 2.02 bits per heavy atom. The normalized spacial score (nSPS) is 14.1. The zero-order chi connectivity index (χ0) is 28.2. The summed E-state index contributed by atoms with van der Waals surface area (Å²) in [4.78, 5) is 4.91. The highest BCUT2D eigenvalue weighted by atomic mass is 19.1. The van der Waals surface area contributed by atoms with Crippen molar-refractivity contribution in [2.75, 3.05) is 0 Å². The van der Waals surface area contributed by atoms with Crippen LogP contribution in [-0.2, 0) is 5.41 Å². The van der Waals surface area contributed by atoms with E-state index in [1.807, 2.05) is 19.3 Å². The van der Waals surface area contributed by atoms with Crippen molar-refractivity contribution in [3.05, 3.63) is 114 Å². The van der Waals surface area contributed by atoms with Crippen molar-refractivity contribution in [3.63, 3.8) is 0 Å². The fourth-order valence-corrected chi connectivity index (χ4v) is 6.48. The monoisotopic (exact) mass is 529 g/mol. The Morgan fingerprint density at radius 2 is 1.45 bits per heavy atom. The maximum absolute atomic E-state index is 15.4. The highest BCUT2D eigenvalue weighted by molar-refractivity contribution is 6.09. The van der Waals surface area contributed by atoms with Crippen molar-refractivity contribution in [2.45, 2.75) is 59.5 Å². The minimum atomic E-state index is -1.03. The van der Waals surface area contributed by atoms with E-state index in [2.05, 4.69) is 116 Å². The Labute approximate surface area is 235 Å². The highest BCUT2D eigenvalue weighted by Gasteiger charge is 2.35. The van der Waals surface area contributed by atoms with Gasteiger partial charge in [-0.3, -0.25) is 4.57 Å². The zero-order valence-corrected chi connectivity index (χ0v) is 24.2. The summed E-state index contributed by atoms with van der Waals surface area (Å²) in [5, 5.41) is 2.43. The second kappa shape index (κ2) is 9.78. The van der Waals surface area contributed by atoms with Gasteiger partial charge in [-0.25, -0.2) is 9.37 Å². The van der Waals surface area contributed by atoms with Gasteiger partial charge in [0.25, 0.3) is 0 Å². The molecule has 0 spiro atoms. The molecule has 4 aromatic carbocycles. The van der Waals surface area contributed by atoms with E-state index in [0.29, 0.717) is 6.42 Å². The number of aromatic nitrogens is 3. The van der Waals surface area contributed by atoms with Gasteiger partial charge in [0.15, 0.2) is 0 Å². The smallest absolute Gasteiger partial charge is 0.144 e. The molecule has 0 aliphatic rings. The molecule has 0 fully saturated rings. The number of hydrogen-bond donors (Lipinski definition) is 0.